The first-order valence-electron chi connectivity index (χ1n) is 7.02. The Morgan fingerprint density at radius 2 is 1.90 bits per heavy atom. The SMILES string of the molecule is Cc1cc(S(=O)(=O)Cl)cc(C(=O)OCC2CCCC2)c1C. The summed E-state index contributed by atoms with van der Waals surface area (Å²) in [6.45, 7) is 3.91. The summed E-state index contributed by atoms with van der Waals surface area (Å²) >= 11 is 0. The zero-order chi connectivity index (χ0) is 15.6. The van der Waals surface area contributed by atoms with Crippen LogP contribution in [0.2, 0.25) is 0 Å². The van der Waals surface area contributed by atoms with Crippen LogP contribution in [0.5, 0.6) is 0 Å². The van der Waals surface area contributed by atoms with Crippen molar-refractivity contribution in [1.29, 1.82) is 0 Å². The average molecular weight is 331 g/mol. The number of carbonyl (C=O) groups is 1. The lowest BCUT2D eigenvalue weighted by atomic mass is 10.0. The number of carbonyl (C=O) groups excluding carboxylic acids is 1. The highest BCUT2D eigenvalue weighted by molar-refractivity contribution is 8.13. The van der Waals surface area contributed by atoms with Crippen molar-refractivity contribution in [3.63, 3.8) is 0 Å². The van der Waals surface area contributed by atoms with Crippen molar-refractivity contribution in [3.8, 4) is 0 Å². The first kappa shape index (κ1) is 16.3. The van der Waals surface area contributed by atoms with E-state index in [9.17, 15) is 13.2 Å². The molecule has 116 valence electrons. The normalized spacial score (nSPS) is 16.1. The lowest BCUT2D eigenvalue weighted by Gasteiger charge is -2.13. The predicted molar refractivity (Wildman–Crippen MR) is 81.2 cm³/mol. The standard InChI is InChI=1S/C15H19ClO4S/c1-10-7-13(21(16,18)19)8-14(11(10)2)15(17)20-9-12-5-3-4-6-12/h7-8,12H,3-6,9H2,1-2H3. The molecule has 0 radical (unpaired) electrons. The van der Waals surface area contributed by atoms with Crippen molar-refractivity contribution in [3.05, 3.63) is 28.8 Å². The van der Waals surface area contributed by atoms with E-state index in [4.69, 9.17) is 15.4 Å². The highest BCUT2D eigenvalue weighted by Crippen LogP contribution is 2.26. The zero-order valence-corrected chi connectivity index (χ0v) is 13.8. The molecule has 4 nitrogen and oxygen atoms in total. The highest BCUT2D eigenvalue weighted by atomic mass is 35.7. The summed E-state index contributed by atoms with van der Waals surface area (Å²) in [6.07, 6.45) is 4.53. The maximum absolute atomic E-state index is 12.2. The quantitative estimate of drug-likeness (QED) is 0.625. The Hall–Kier alpha value is -1.07. The maximum atomic E-state index is 12.2. The molecule has 1 aromatic carbocycles. The lowest BCUT2D eigenvalue weighted by molar-refractivity contribution is 0.0441. The van der Waals surface area contributed by atoms with Gasteiger partial charge in [0.25, 0.3) is 9.05 Å². The largest absolute Gasteiger partial charge is 0.462 e. The minimum absolute atomic E-state index is 0.0694. The van der Waals surface area contributed by atoms with Crippen molar-refractivity contribution in [2.75, 3.05) is 6.61 Å². The molecule has 1 saturated carbocycles. The van der Waals surface area contributed by atoms with Gasteiger partial charge < -0.3 is 4.74 Å². The van der Waals surface area contributed by atoms with Crippen LogP contribution in [-0.4, -0.2) is 21.0 Å². The zero-order valence-electron chi connectivity index (χ0n) is 12.2. The summed E-state index contributed by atoms with van der Waals surface area (Å²) in [5.74, 6) is -0.0556. The molecule has 0 aromatic heterocycles. The molecule has 21 heavy (non-hydrogen) atoms. The number of ether oxygens (including phenoxy) is 1. The molecule has 1 aliphatic rings. The fourth-order valence-corrected chi connectivity index (χ4v) is 3.47. The van der Waals surface area contributed by atoms with Gasteiger partial charge in [0.1, 0.15) is 0 Å². The van der Waals surface area contributed by atoms with Gasteiger partial charge in [-0.2, -0.15) is 0 Å². The molecule has 0 aliphatic heterocycles. The van der Waals surface area contributed by atoms with Gasteiger partial charge in [-0.1, -0.05) is 12.8 Å². The third-order valence-electron chi connectivity index (χ3n) is 4.07. The molecule has 0 heterocycles. The van der Waals surface area contributed by atoms with Gasteiger partial charge in [-0.15, -0.1) is 0 Å². The number of halogens is 1. The number of hydrogen-bond acceptors (Lipinski definition) is 4. The Balaban J connectivity index is 2.21. The van der Waals surface area contributed by atoms with Gasteiger partial charge in [0.15, 0.2) is 0 Å². The van der Waals surface area contributed by atoms with E-state index in [2.05, 4.69) is 0 Å². The molecule has 0 bridgehead atoms. The summed E-state index contributed by atoms with van der Waals surface area (Å²) in [5, 5.41) is 0. The Bertz CT molecular complexity index is 646. The van der Waals surface area contributed by atoms with E-state index in [1.165, 1.54) is 25.0 Å². The van der Waals surface area contributed by atoms with Gasteiger partial charge in [0.2, 0.25) is 0 Å². The van der Waals surface area contributed by atoms with Crippen LogP contribution in [0, 0.1) is 19.8 Å². The molecule has 0 spiro atoms. The van der Waals surface area contributed by atoms with Crippen LogP contribution >= 0.6 is 10.7 Å². The molecule has 1 aromatic rings. The van der Waals surface area contributed by atoms with Crippen LogP contribution < -0.4 is 0 Å². The second kappa shape index (κ2) is 6.36. The first-order chi connectivity index (χ1) is 9.79. The molecule has 0 saturated heterocycles. The fraction of sp³-hybridized carbons (Fsp3) is 0.533. The van der Waals surface area contributed by atoms with Crippen molar-refractivity contribution < 1.29 is 17.9 Å². The van der Waals surface area contributed by atoms with Gasteiger partial charge in [-0.05, 0) is 55.9 Å². The van der Waals surface area contributed by atoms with Gasteiger partial charge >= 0.3 is 5.97 Å². The van der Waals surface area contributed by atoms with Gasteiger partial charge in [-0.25, -0.2) is 13.2 Å². The number of benzene rings is 1. The van der Waals surface area contributed by atoms with Crippen molar-refractivity contribution in [2.45, 2.75) is 44.4 Å². The molecule has 1 fully saturated rings. The number of aryl methyl sites for hydroxylation is 1. The predicted octanol–water partition coefficient (Wildman–Crippen LogP) is 3.58. The highest BCUT2D eigenvalue weighted by Gasteiger charge is 2.21. The minimum atomic E-state index is -3.86. The van der Waals surface area contributed by atoms with E-state index in [-0.39, 0.29) is 10.5 Å². The molecule has 2 rings (SSSR count). The van der Waals surface area contributed by atoms with Gasteiger partial charge in [0.05, 0.1) is 17.1 Å². The Kier molecular flexibility index (Phi) is 4.94. The van der Waals surface area contributed by atoms with E-state index >= 15 is 0 Å². The molecule has 1 aliphatic carbocycles. The van der Waals surface area contributed by atoms with Gasteiger partial charge in [0, 0.05) is 10.7 Å². The van der Waals surface area contributed by atoms with Crippen LogP contribution in [0.15, 0.2) is 17.0 Å². The van der Waals surface area contributed by atoms with Crippen LogP contribution in [0.25, 0.3) is 0 Å². The first-order valence-corrected chi connectivity index (χ1v) is 9.33. The molecular formula is C15H19ClO4S. The third kappa shape index (κ3) is 3.98. The molecule has 6 heteroatoms. The van der Waals surface area contributed by atoms with Crippen molar-refractivity contribution in [1.82, 2.24) is 0 Å². The van der Waals surface area contributed by atoms with E-state index < -0.39 is 15.0 Å². The van der Waals surface area contributed by atoms with Gasteiger partial charge in [-0.3, -0.25) is 0 Å². The van der Waals surface area contributed by atoms with E-state index in [1.807, 2.05) is 0 Å². The lowest BCUT2D eigenvalue weighted by Crippen LogP contribution is -2.14. The molecule has 0 amide bonds. The Morgan fingerprint density at radius 1 is 1.29 bits per heavy atom. The van der Waals surface area contributed by atoms with Crippen LogP contribution in [0.4, 0.5) is 0 Å². The fourth-order valence-electron chi connectivity index (χ4n) is 2.63. The number of rotatable bonds is 4. The Labute approximate surface area is 129 Å². The molecule has 0 unspecified atom stereocenters. The summed E-state index contributed by atoms with van der Waals surface area (Å²) in [5.41, 5.74) is 1.69. The van der Waals surface area contributed by atoms with Crippen molar-refractivity contribution >= 4 is 25.7 Å². The smallest absolute Gasteiger partial charge is 0.338 e. The minimum Gasteiger partial charge on any atom is -0.462 e. The van der Waals surface area contributed by atoms with Crippen LogP contribution in [-0.2, 0) is 13.8 Å². The average Bonchev–Trinajstić information content (AvgIpc) is 2.91. The Morgan fingerprint density at radius 3 is 2.48 bits per heavy atom. The van der Waals surface area contributed by atoms with E-state index in [0.717, 1.165) is 18.4 Å². The third-order valence-corrected chi connectivity index (χ3v) is 5.40. The number of esters is 1. The van der Waals surface area contributed by atoms with Crippen LogP contribution in [0.3, 0.4) is 0 Å². The van der Waals surface area contributed by atoms with Crippen molar-refractivity contribution in [2.24, 2.45) is 5.92 Å². The molecule has 0 N–H and O–H groups in total. The monoisotopic (exact) mass is 330 g/mol. The summed E-state index contributed by atoms with van der Waals surface area (Å²) in [6, 6.07) is 2.76. The summed E-state index contributed by atoms with van der Waals surface area (Å²) in [4.78, 5) is 12.1. The second-order valence-electron chi connectivity index (χ2n) is 5.60. The summed E-state index contributed by atoms with van der Waals surface area (Å²) in [7, 11) is 1.50. The van der Waals surface area contributed by atoms with Crippen LogP contribution in [0.1, 0.15) is 47.2 Å². The molecule has 0 atom stereocenters. The van der Waals surface area contributed by atoms with E-state index in [1.54, 1.807) is 13.8 Å². The topological polar surface area (TPSA) is 60.4 Å². The summed E-state index contributed by atoms with van der Waals surface area (Å²) < 4.78 is 28.2. The molecular weight excluding hydrogens is 312 g/mol. The second-order valence-corrected chi connectivity index (χ2v) is 8.17. The number of hydrogen-bond donors (Lipinski definition) is 0. The van der Waals surface area contributed by atoms with E-state index in [0.29, 0.717) is 18.1 Å². The maximum Gasteiger partial charge on any atom is 0.338 e.